The van der Waals surface area contributed by atoms with Crippen LogP contribution in [0.15, 0.2) is 11.1 Å². The van der Waals surface area contributed by atoms with E-state index in [1.54, 1.807) is 0 Å². The van der Waals surface area contributed by atoms with E-state index in [1.807, 2.05) is 13.8 Å². The van der Waals surface area contributed by atoms with E-state index in [0.29, 0.717) is 0 Å². The van der Waals surface area contributed by atoms with Crippen LogP contribution in [0.3, 0.4) is 0 Å². The van der Waals surface area contributed by atoms with Gasteiger partial charge in [-0.2, -0.15) is 13.2 Å². The summed E-state index contributed by atoms with van der Waals surface area (Å²) < 4.78 is 37.0. The molecule has 3 nitrogen and oxygen atoms in total. The van der Waals surface area contributed by atoms with E-state index in [4.69, 9.17) is 5.73 Å². The van der Waals surface area contributed by atoms with Gasteiger partial charge in [0.25, 0.3) is 0 Å². The summed E-state index contributed by atoms with van der Waals surface area (Å²) in [5, 5.41) is 0.380. The summed E-state index contributed by atoms with van der Waals surface area (Å²) in [5.74, 6) is -0.354. The van der Waals surface area contributed by atoms with Gasteiger partial charge in [-0.15, -0.1) is 11.8 Å². The average Bonchev–Trinajstić information content (AvgIpc) is 1.99. The molecular formula is C8H10F3N3S. The molecule has 1 aromatic heterocycles. The molecule has 0 saturated carbocycles. The van der Waals surface area contributed by atoms with Crippen LogP contribution < -0.4 is 5.73 Å². The molecule has 7 heteroatoms. The summed E-state index contributed by atoms with van der Waals surface area (Å²) in [6.45, 7) is 3.71. The quantitative estimate of drug-likeness (QED) is 0.634. The molecule has 0 aliphatic heterocycles. The van der Waals surface area contributed by atoms with Crippen LogP contribution in [0.1, 0.15) is 19.5 Å². The second-order valence-corrected chi connectivity index (χ2v) is 4.71. The van der Waals surface area contributed by atoms with Crippen LogP contribution in [0.25, 0.3) is 0 Å². The van der Waals surface area contributed by atoms with Crippen LogP contribution in [-0.2, 0) is 6.18 Å². The van der Waals surface area contributed by atoms with Crippen molar-refractivity contribution in [2.24, 2.45) is 0 Å². The second kappa shape index (κ2) is 4.26. The fraction of sp³-hybridized carbons (Fsp3) is 0.500. The molecule has 15 heavy (non-hydrogen) atoms. The van der Waals surface area contributed by atoms with Crippen molar-refractivity contribution in [2.45, 2.75) is 30.3 Å². The summed E-state index contributed by atoms with van der Waals surface area (Å²) in [6.07, 6.45) is -4.48. The smallest absolute Gasteiger partial charge is 0.368 e. The van der Waals surface area contributed by atoms with E-state index in [9.17, 15) is 13.2 Å². The van der Waals surface area contributed by atoms with Crippen molar-refractivity contribution in [3.63, 3.8) is 0 Å². The number of thioether (sulfide) groups is 1. The molecule has 0 saturated heterocycles. The van der Waals surface area contributed by atoms with Gasteiger partial charge in [-0.3, -0.25) is 0 Å². The number of anilines is 1. The molecule has 0 radical (unpaired) electrons. The molecule has 84 valence electrons. The predicted octanol–water partition coefficient (Wildman–Crippen LogP) is 2.58. The van der Waals surface area contributed by atoms with Crippen LogP contribution >= 0.6 is 11.8 Å². The van der Waals surface area contributed by atoms with Gasteiger partial charge in [0.05, 0.1) is 0 Å². The minimum Gasteiger partial charge on any atom is -0.368 e. The van der Waals surface area contributed by atoms with Gasteiger partial charge in [0.1, 0.15) is 5.03 Å². The van der Waals surface area contributed by atoms with Crippen LogP contribution in [0.4, 0.5) is 19.1 Å². The molecule has 0 amide bonds. The highest BCUT2D eigenvalue weighted by Gasteiger charge is 2.33. The minimum atomic E-state index is -4.48. The first kappa shape index (κ1) is 12.1. The second-order valence-electron chi connectivity index (χ2n) is 3.11. The SMILES string of the molecule is CC(C)Sc1cc(C(F)(F)F)nc(N)n1. The Labute approximate surface area is 89.3 Å². The summed E-state index contributed by atoms with van der Waals surface area (Å²) in [4.78, 5) is 6.86. The lowest BCUT2D eigenvalue weighted by Gasteiger charge is -2.09. The summed E-state index contributed by atoms with van der Waals surface area (Å²) in [6, 6.07) is 0.904. The van der Waals surface area contributed by atoms with Gasteiger partial charge in [0, 0.05) is 11.3 Å². The molecule has 0 bridgehead atoms. The maximum Gasteiger partial charge on any atom is 0.433 e. The third kappa shape index (κ3) is 3.58. The maximum atomic E-state index is 12.3. The van der Waals surface area contributed by atoms with Crippen LogP contribution in [-0.4, -0.2) is 15.2 Å². The first-order valence-corrected chi connectivity index (χ1v) is 5.05. The molecule has 0 aliphatic carbocycles. The lowest BCUT2D eigenvalue weighted by Crippen LogP contribution is -2.11. The van der Waals surface area contributed by atoms with Crippen molar-refractivity contribution in [3.8, 4) is 0 Å². The van der Waals surface area contributed by atoms with Crippen molar-refractivity contribution >= 4 is 17.7 Å². The third-order valence-corrected chi connectivity index (χ3v) is 2.29. The van der Waals surface area contributed by atoms with Gasteiger partial charge in [-0.05, 0) is 0 Å². The zero-order valence-electron chi connectivity index (χ0n) is 8.17. The Morgan fingerprint density at radius 3 is 2.40 bits per heavy atom. The lowest BCUT2D eigenvalue weighted by atomic mass is 10.4. The minimum absolute atomic E-state index is 0.139. The Morgan fingerprint density at radius 1 is 1.33 bits per heavy atom. The Kier molecular flexibility index (Phi) is 3.43. The number of nitrogen functional groups attached to an aromatic ring is 1. The number of nitrogens with two attached hydrogens (primary N) is 1. The topological polar surface area (TPSA) is 51.8 Å². The van der Waals surface area contributed by atoms with Crippen molar-refractivity contribution in [3.05, 3.63) is 11.8 Å². The number of hydrogen-bond donors (Lipinski definition) is 1. The highest BCUT2D eigenvalue weighted by molar-refractivity contribution is 7.99. The van der Waals surface area contributed by atoms with Gasteiger partial charge in [-0.25, -0.2) is 9.97 Å². The zero-order valence-corrected chi connectivity index (χ0v) is 8.99. The number of aromatic nitrogens is 2. The van der Waals surface area contributed by atoms with E-state index in [0.717, 1.165) is 6.07 Å². The van der Waals surface area contributed by atoms with Gasteiger partial charge < -0.3 is 5.73 Å². The maximum absolute atomic E-state index is 12.3. The number of halogens is 3. The zero-order chi connectivity index (χ0) is 11.6. The van der Waals surface area contributed by atoms with Crippen molar-refractivity contribution in [1.29, 1.82) is 0 Å². The highest BCUT2D eigenvalue weighted by atomic mass is 32.2. The molecule has 0 atom stereocenters. The normalized spacial score (nSPS) is 12.1. The fourth-order valence-electron chi connectivity index (χ4n) is 0.890. The molecule has 0 aliphatic rings. The molecule has 0 spiro atoms. The fourth-order valence-corrected chi connectivity index (χ4v) is 1.70. The van der Waals surface area contributed by atoms with Crippen LogP contribution in [0.5, 0.6) is 0 Å². The Hall–Kier alpha value is -0.980. The molecule has 0 fully saturated rings. The molecule has 0 unspecified atom stereocenters. The van der Waals surface area contributed by atoms with Crippen molar-refractivity contribution < 1.29 is 13.2 Å². The van der Waals surface area contributed by atoms with E-state index in [-0.39, 0.29) is 16.2 Å². The lowest BCUT2D eigenvalue weighted by molar-refractivity contribution is -0.141. The third-order valence-electron chi connectivity index (χ3n) is 1.37. The standard InChI is InChI=1S/C8H10F3N3S/c1-4(2)15-6-3-5(8(9,10)11)13-7(12)14-6/h3-4H,1-2H3,(H2,12,13,14). The number of alkyl halides is 3. The highest BCUT2D eigenvalue weighted by Crippen LogP contribution is 2.31. The predicted molar refractivity (Wildman–Crippen MR) is 52.4 cm³/mol. The molecular weight excluding hydrogens is 227 g/mol. The summed E-state index contributed by atoms with van der Waals surface area (Å²) in [5.41, 5.74) is 4.19. The van der Waals surface area contributed by atoms with Gasteiger partial charge in [0.15, 0.2) is 5.69 Å². The molecule has 1 rings (SSSR count). The molecule has 1 aromatic rings. The van der Waals surface area contributed by atoms with Gasteiger partial charge in [0.2, 0.25) is 5.95 Å². The summed E-state index contributed by atoms with van der Waals surface area (Å²) >= 11 is 1.21. The van der Waals surface area contributed by atoms with Gasteiger partial charge in [-0.1, -0.05) is 13.8 Å². The Bertz CT molecular complexity index is 351. The Morgan fingerprint density at radius 2 is 1.93 bits per heavy atom. The van der Waals surface area contributed by atoms with Crippen molar-refractivity contribution in [2.75, 3.05) is 5.73 Å². The van der Waals surface area contributed by atoms with Crippen LogP contribution in [0.2, 0.25) is 0 Å². The molecule has 2 N–H and O–H groups in total. The number of hydrogen-bond acceptors (Lipinski definition) is 4. The monoisotopic (exact) mass is 237 g/mol. The van der Waals surface area contributed by atoms with E-state index >= 15 is 0 Å². The number of nitrogens with zero attached hydrogens (tertiary/aromatic N) is 2. The molecule has 1 heterocycles. The van der Waals surface area contributed by atoms with Crippen LogP contribution in [0, 0.1) is 0 Å². The first-order chi connectivity index (χ1) is 6.79. The van der Waals surface area contributed by atoms with E-state index < -0.39 is 11.9 Å². The van der Waals surface area contributed by atoms with Crippen molar-refractivity contribution in [1.82, 2.24) is 9.97 Å². The Balaban J connectivity index is 3.06. The largest absolute Gasteiger partial charge is 0.433 e. The number of rotatable bonds is 2. The van der Waals surface area contributed by atoms with E-state index in [1.165, 1.54) is 11.8 Å². The first-order valence-electron chi connectivity index (χ1n) is 4.17. The average molecular weight is 237 g/mol. The van der Waals surface area contributed by atoms with Gasteiger partial charge >= 0.3 is 6.18 Å². The van der Waals surface area contributed by atoms with E-state index in [2.05, 4.69) is 9.97 Å². The summed E-state index contributed by atoms with van der Waals surface area (Å²) in [7, 11) is 0. The molecule has 0 aromatic carbocycles.